The molecule has 2 heterocycles. The molecule has 0 spiro atoms. The summed E-state index contributed by atoms with van der Waals surface area (Å²) in [7, 11) is 7.69. The van der Waals surface area contributed by atoms with E-state index in [0.717, 1.165) is 0 Å². The largest absolute Gasteiger partial charge is 0.478 e. The molecule has 2 aromatic rings. The number of esters is 1. The third kappa shape index (κ3) is 6.69. The minimum atomic E-state index is -1.07. The van der Waals surface area contributed by atoms with Crippen molar-refractivity contribution >= 4 is 23.8 Å². The molecule has 10 heteroatoms. The van der Waals surface area contributed by atoms with Crippen LogP contribution in [0.4, 0.5) is 0 Å². The molecule has 0 aromatic carbocycles. The van der Waals surface area contributed by atoms with Crippen molar-refractivity contribution in [2.45, 2.75) is 0 Å². The second kappa shape index (κ2) is 10.5. The van der Waals surface area contributed by atoms with Crippen LogP contribution in [0.25, 0.3) is 0 Å². The van der Waals surface area contributed by atoms with Crippen molar-refractivity contribution in [3.05, 3.63) is 59.2 Å². The topological polar surface area (TPSA) is 130 Å². The van der Waals surface area contributed by atoms with Gasteiger partial charge in [0.15, 0.2) is 0 Å². The molecule has 29 heavy (non-hydrogen) atoms. The Balaban J connectivity index is 0.000000291. The van der Waals surface area contributed by atoms with Gasteiger partial charge in [0.05, 0.1) is 18.2 Å². The zero-order valence-corrected chi connectivity index (χ0v) is 16.7. The van der Waals surface area contributed by atoms with Crippen LogP contribution in [0.3, 0.4) is 0 Å². The normalized spacial score (nSPS) is 9.55. The Labute approximate surface area is 167 Å². The molecule has 0 aliphatic heterocycles. The molecule has 0 saturated heterocycles. The maximum absolute atomic E-state index is 11.5. The van der Waals surface area contributed by atoms with Gasteiger partial charge in [-0.2, -0.15) is 0 Å². The summed E-state index contributed by atoms with van der Waals surface area (Å²) in [5.74, 6) is -2.11. The molecule has 0 atom stereocenters. The molecule has 0 bridgehead atoms. The molecular weight excluding hydrogens is 380 g/mol. The first-order valence-electron chi connectivity index (χ1n) is 8.25. The van der Waals surface area contributed by atoms with E-state index in [2.05, 4.69) is 14.7 Å². The first-order valence-corrected chi connectivity index (χ1v) is 8.25. The van der Waals surface area contributed by atoms with Crippen molar-refractivity contribution in [3.63, 3.8) is 0 Å². The van der Waals surface area contributed by atoms with Gasteiger partial charge >= 0.3 is 11.9 Å². The van der Waals surface area contributed by atoms with Crippen LogP contribution in [0.15, 0.2) is 36.7 Å². The van der Waals surface area contributed by atoms with E-state index in [4.69, 9.17) is 5.11 Å². The number of carboxylic acids is 1. The number of nitrogens with zero attached hydrogens (tertiary/aromatic N) is 4. The van der Waals surface area contributed by atoms with E-state index < -0.39 is 11.9 Å². The summed E-state index contributed by atoms with van der Waals surface area (Å²) in [6.45, 7) is 0. The van der Waals surface area contributed by atoms with E-state index in [1.807, 2.05) is 0 Å². The van der Waals surface area contributed by atoms with E-state index in [-0.39, 0.29) is 28.8 Å². The molecule has 10 nitrogen and oxygen atoms in total. The van der Waals surface area contributed by atoms with Crippen molar-refractivity contribution in [1.82, 2.24) is 19.8 Å². The van der Waals surface area contributed by atoms with Gasteiger partial charge < -0.3 is 19.6 Å². The number of aromatic nitrogens is 2. The number of pyridine rings is 2. The molecular formula is C19H22N4O6. The minimum Gasteiger partial charge on any atom is -0.478 e. The van der Waals surface area contributed by atoms with Crippen molar-refractivity contribution in [2.75, 3.05) is 35.3 Å². The zero-order valence-electron chi connectivity index (χ0n) is 16.7. The Hall–Kier alpha value is -3.82. The Kier molecular flexibility index (Phi) is 8.41. The molecule has 0 aliphatic rings. The van der Waals surface area contributed by atoms with E-state index in [0.29, 0.717) is 5.56 Å². The average Bonchev–Trinajstić information content (AvgIpc) is 2.72. The fraction of sp³-hybridized carbons (Fsp3) is 0.263. The summed E-state index contributed by atoms with van der Waals surface area (Å²) >= 11 is 0. The number of ether oxygens (including phenoxy) is 1. The van der Waals surface area contributed by atoms with Gasteiger partial charge in [0, 0.05) is 40.6 Å². The minimum absolute atomic E-state index is 0.0604. The lowest BCUT2D eigenvalue weighted by Crippen LogP contribution is -2.23. The van der Waals surface area contributed by atoms with E-state index >= 15 is 0 Å². The lowest BCUT2D eigenvalue weighted by atomic mass is 10.2. The summed E-state index contributed by atoms with van der Waals surface area (Å²) in [6, 6.07) is 5.51. The van der Waals surface area contributed by atoms with Gasteiger partial charge in [0.1, 0.15) is 11.4 Å². The maximum Gasteiger partial charge on any atom is 0.337 e. The van der Waals surface area contributed by atoms with Gasteiger partial charge in [0.2, 0.25) is 0 Å². The lowest BCUT2D eigenvalue weighted by molar-refractivity contribution is 0.0599. The Morgan fingerprint density at radius 2 is 1.24 bits per heavy atom. The number of rotatable bonds is 4. The first kappa shape index (κ1) is 23.2. The van der Waals surface area contributed by atoms with Crippen LogP contribution in [0.5, 0.6) is 0 Å². The first-order chi connectivity index (χ1) is 13.6. The predicted octanol–water partition coefficient (Wildman–Crippen LogP) is 1.05. The van der Waals surface area contributed by atoms with Gasteiger partial charge in [-0.25, -0.2) is 9.59 Å². The van der Waals surface area contributed by atoms with Gasteiger partial charge in [-0.1, -0.05) is 0 Å². The predicted molar refractivity (Wildman–Crippen MR) is 103 cm³/mol. The Morgan fingerprint density at radius 3 is 1.62 bits per heavy atom. The number of methoxy groups -OCH3 is 1. The van der Waals surface area contributed by atoms with Crippen LogP contribution in [0, 0.1) is 0 Å². The van der Waals surface area contributed by atoms with E-state index in [9.17, 15) is 19.2 Å². The molecule has 0 radical (unpaired) electrons. The summed E-state index contributed by atoms with van der Waals surface area (Å²) in [6.07, 6.45) is 2.71. The number of carboxylic acid groups (broad SMARTS) is 1. The van der Waals surface area contributed by atoms with Gasteiger partial charge in [-0.05, 0) is 24.3 Å². The van der Waals surface area contributed by atoms with Crippen molar-refractivity contribution in [3.8, 4) is 0 Å². The van der Waals surface area contributed by atoms with Gasteiger partial charge in [0.25, 0.3) is 11.8 Å². The van der Waals surface area contributed by atoms with Crippen molar-refractivity contribution in [1.29, 1.82) is 0 Å². The average molecular weight is 402 g/mol. The number of hydrogen-bond donors (Lipinski definition) is 1. The third-order valence-electron chi connectivity index (χ3n) is 3.44. The molecule has 0 saturated carbocycles. The van der Waals surface area contributed by atoms with Crippen molar-refractivity contribution in [2.24, 2.45) is 0 Å². The van der Waals surface area contributed by atoms with Gasteiger partial charge in [-0.3, -0.25) is 19.6 Å². The quantitative estimate of drug-likeness (QED) is 0.751. The van der Waals surface area contributed by atoms with Gasteiger partial charge in [-0.15, -0.1) is 0 Å². The summed E-state index contributed by atoms with van der Waals surface area (Å²) in [4.78, 5) is 55.1. The summed E-state index contributed by atoms with van der Waals surface area (Å²) in [5, 5.41) is 8.68. The molecule has 154 valence electrons. The maximum atomic E-state index is 11.5. The van der Waals surface area contributed by atoms with Crippen LogP contribution in [0.2, 0.25) is 0 Å². The third-order valence-corrected chi connectivity index (χ3v) is 3.44. The molecule has 0 fully saturated rings. The molecule has 0 aliphatic carbocycles. The summed E-state index contributed by atoms with van der Waals surface area (Å²) in [5.41, 5.74) is 0.737. The van der Waals surface area contributed by atoms with Crippen molar-refractivity contribution < 1.29 is 29.0 Å². The van der Waals surface area contributed by atoms with Crippen LogP contribution in [-0.4, -0.2) is 83.9 Å². The molecule has 0 unspecified atom stereocenters. The van der Waals surface area contributed by atoms with Crippen LogP contribution >= 0.6 is 0 Å². The Morgan fingerprint density at radius 1 is 0.828 bits per heavy atom. The molecule has 2 rings (SSSR count). The van der Waals surface area contributed by atoms with Crippen LogP contribution < -0.4 is 0 Å². The van der Waals surface area contributed by atoms with E-state index in [1.165, 1.54) is 53.6 Å². The number of aromatic carboxylic acids is 1. The fourth-order valence-corrected chi connectivity index (χ4v) is 1.93. The highest BCUT2D eigenvalue weighted by atomic mass is 16.5. The summed E-state index contributed by atoms with van der Waals surface area (Å²) < 4.78 is 4.54. The highest BCUT2D eigenvalue weighted by Gasteiger charge is 2.13. The van der Waals surface area contributed by atoms with Crippen LogP contribution in [-0.2, 0) is 4.74 Å². The molecule has 1 N–H and O–H groups in total. The lowest BCUT2D eigenvalue weighted by Gasteiger charge is -2.09. The second-order valence-corrected chi connectivity index (χ2v) is 6.06. The monoisotopic (exact) mass is 402 g/mol. The number of hydrogen-bond acceptors (Lipinski definition) is 7. The van der Waals surface area contributed by atoms with Crippen LogP contribution in [0.1, 0.15) is 41.7 Å². The number of carbonyl (C=O) groups excluding carboxylic acids is 3. The number of carbonyl (C=O) groups is 4. The smallest absolute Gasteiger partial charge is 0.337 e. The highest BCUT2D eigenvalue weighted by Crippen LogP contribution is 2.05. The second-order valence-electron chi connectivity index (χ2n) is 6.06. The molecule has 2 amide bonds. The zero-order chi connectivity index (χ0) is 22.1. The SMILES string of the molecule is CN(C)C(=O)c1cc(C(=O)O)ccn1.COC(=O)c1ccnc(C(=O)N(C)C)c1. The Bertz CT molecular complexity index is 911. The highest BCUT2D eigenvalue weighted by molar-refractivity contribution is 5.96. The van der Waals surface area contributed by atoms with E-state index in [1.54, 1.807) is 28.2 Å². The molecule has 2 aromatic heterocycles. The fourth-order valence-electron chi connectivity index (χ4n) is 1.93. The number of amides is 2. The standard InChI is InChI=1S/C10H12N2O3.C9H10N2O3/c1-12(2)9(13)8-6-7(4-5-11-8)10(14)15-3;1-11(2)8(12)7-5-6(9(13)14)3-4-10-7/h4-6H,1-3H3;3-5H,1-2H3,(H,13,14).